The van der Waals surface area contributed by atoms with Gasteiger partial charge in [0.15, 0.2) is 5.82 Å². The van der Waals surface area contributed by atoms with Crippen LogP contribution >= 0.6 is 0 Å². The molecule has 29 heavy (non-hydrogen) atoms. The fraction of sp³-hybridized carbons (Fsp3) is 0.632. The summed E-state index contributed by atoms with van der Waals surface area (Å²) in [5.74, 6) is 0.126. The fourth-order valence-electron chi connectivity index (χ4n) is 2.38. The van der Waals surface area contributed by atoms with E-state index in [1.807, 2.05) is 11.0 Å². The largest absolute Gasteiger partial charge is 0.443 e. The zero-order chi connectivity index (χ0) is 21.8. The molecule has 0 radical (unpaired) electrons. The first-order chi connectivity index (χ1) is 13.4. The molecule has 2 amide bonds. The summed E-state index contributed by atoms with van der Waals surface area (Å²) in [6.45, 7) is 12.1. The van der Waals surface area contributed by atoms with Crippen molar-refractivity contribution in [1.82, 2.24) is 9.97 Å². The highest BCUT2D eigenvalue weighted by Crippen LogP contribution is 2.23. The van der Waals surface area contributed by atoms with Gasteiger partial charge in [-0.25, -0.2) is 14.6 Å². The van der Waals surface area contributed by atoms with E-state index in [1.165, 1.54) is 6.07 Å². The SMILES string of the molecule is CC(C)(C)OC(=O)N(C(=O)OC(C)(C)C)c1cc(C#N)nc(N2CCOCC2)n1. The van der Waals surface area contributed by atoms with Gasteiger partial charge in [-0.3, -0.25) is 0 Å². The lowest BCUT2D eigenvalue weighted by Gasteiger charge is -2.30. The van der Waals surface area contributed by atoms with E-state index in [1.54, 1.807) is 41.5 Å². The van der Waals surface area contributed by atoms with E-state index < -0.39 is 23.4 Å². The van der Waals surface area contributed by atoms with Gasteiger partial charge in [-0.15, -0.1) is 0 Å². The molecule has 1 aliphatic rings. The molecule has 1 aromatic rings. The molecule has 1 aliphatic heterocycles. The van der Waals surface area contributed by atoms with E-state index in [2.05, 4.69) is 9.97 Å². The van der Waals surface area contributed by atoms with Gasteiger partial charge in [0.05, 0.1) is 13.2 Å². The standard InChI is InChI=1S/C19H27N5O5/c1-18(2,3)28-16(25)24(17(26)29-19(4,5)6)14-11-13(12-20)21-15(22-14)23-7-9-27-10-8-23/h11H,7-10H2,1-6H3. The third-order valence-corrected chi connectivity index (χ3v) is 3.49. The minimum atomic E-state index is -0.956. The number of nitriles is 1. The van der Waals surface area contributed by atoms with E-state index in [-0.39, 0.29) is 17.5 Å². The quantitative estimate of drug-likeness (QED) is 0.731. The molecule has 0 aromatic carbocycles. The molecule has 0 bridgehead atoms. The second-order valence-corrected chi connectivity index (χ2v) is 8.42. The Hall–Kier alpha value is -2.93. The van der Waals surface area contributed by atoms with Crippen molar-refractivity contribution < 1.29 is 23.8 Å². The summed E-state index contributed by atoms with van der Waals surface area (Å²) in [4.78, 5) is 36.6. The van der Waals surface area contributed by atoms with E-state index in [0.717, 1.165) is 0 Å². The maximum Gasteiger partial charge on any atom is 0.425 e. The highest BCUT2D eigenvalue weighted by atomic mass is 16.6. The number of imide groups is 1. The summed E-state index contributed by atoms with van der Waals surface area (Å²) in [7, 11) is 0. The molecule has 10 nitrogen and oxygen atoms in total. The van der Waals surface area contributed by atoms with Crippen LogP contribution < -0.4 is 9.80 Å². The van der Waals surface area contributed by atoms with Gasteiger partial charge in [0.1, 0.15) is 23.0 Å². The van der Waals surface area contributed by atoms with Crippen LogP contribution in [0.15, 0.2) is 6.07 Å². The summed E-state index contributed by atoms with van der Waals surface area (Å²) in [6.07, 6.45) is -1.91. The van der Waals surface area contributed by atoms with E-state index in [4.69, 9.17) is 14.2 Å². The molecule has 1 saturated heterocycles. The van der Waals surface area contributed by atoms with Crippen LogP contribution in [0.1, 0.15) is 47.2 Å². The number of ether oxygens (including phenoxy) is 3. The Morgan fingerprint density at radius 1 is 1.07 bits per heavy atom. The summed E-state index contributed by atoms with van der Waals surface area (Å²) in [5, 5.41) is 9.38. The highest BCUT2D eigenvalue weighted by Gasteiger charge is 2.34. The van der Waals surface area contributed by atoms with Crippen molar-refractivity contribution in [3.05, 3.63) is 11.8 Å². The maximum atomic E-state index is 12.8. The number of carbonyl (C=O) groups is 2. The first-order valence-corrected chi connectivity index (χ1v) is 9.27. The zero-order valence-electron chi connectivity index (χ0n) is 17.7. The summed E-state index contributed by atoms with van der Waals surface area (Å²) < 4.78 is 16.0. The van der Waals surface area contributed by atoms with E-state index in [0.29, 0.717) is 31.2 Å². The minimum absolute atomic E-state index is 0.00797. The van der Waals surface area contributed by atoms with Crippen molar-refractivity contribution in [2.75, 3.05) is 36.1 Å². The second-order valence-electron chi connectivity index (χ2n) is 8.42. The van der Waals surface area contributed by atoms with Crippen molar-refractivity contribution in [2.45, 2.75) is 52.7 Å². The van der Waals surface area contributed by atoms with Crippen LogP contribution in [-0.2, 0) is 14.2 Å². The lowest BCUT2D eigenvalue weighted by molar-refractivity contribution is 0.0429. The summed E-state index contributed by atoms with van der Waals surface area (Å²) in [6, 6.07) is 3.18. The molecule has 0 atom stereocenters. The first-order valence-electron chi connectivity index (χ1n) is 9.27. The van der Waals surface area contributed by atoms with E-state index >= 15 is 0 Å². The average molecular weight is 405 g/mol. The molecule has 0 unspecified atom stereocenters. The Kier molecular flexibility index (Phi) is 6.64. The normalized spacial score (nSPS) is 14.7. The second kappa shape index (κ2) is 8.61. The highest BCUT2D eigenvalue weighted by molar-refractivity contribution is 6.08. The Morgan fingerprint density at radius 2 is 1.59 bits per heavy atom. The van der Waals surface area contributed by atoms with Gasteiger partial charge < -0.3 is 19.1 Å². The zero-order valence-corrected chi connectivity index (χ0v) is 17.7. The van der Waals surface area contributed by atoms with Crippen molar-refractivity contribution in [1.29, 1.82) is 5.26 Å². The van der Waals surface area contributed by atoms with Crippen LogP contribution in [0, 0.1) is 11.3 Å². The molecule has 0 aliphatic carbocycles. The number of carbonyl (C=O) groups excluding carboxylic acids is 2. The third kappa shape index (κ3) is 6.57. The summed E-state index contributed by atoms with van der Waals surface area (Å²) in [5.41, 5.74) is -1.70. The van der Waals surface area contributed by atoms with Crippen molar-refractivity contribution in [2.24, 2.45) is 0 Å². The number of amides is 2. The molecule has 1 aromatic heterocycles. The van der Waals surface area contributed by atoms with Crippen molar-refractivity contribution in [3.63, 3.8) is 0 Å². The predicted molar refractivity (Wildman–Crippen MR) is 105 cm³/mol. The third-order valence-electron chi connectivity index (χ3n) is 3.49. The number of anilines is 2. The Labute approximate surface area is 170 Å². The van der Waals surface area contributed by atoms with Gasteiger partial charge in [-0.1, -0.05) is 0 Å². The van der Waals surface area contributed by atoms with Crippen LogP contribution in [0.5, 0.6) is 0 Å². The Balaban J connectivity index is 2.49. The van der Waals surface area contributed by atoms with E-state index in [9.17, 15) is 14.9 Å². The number of aromatic nitrogens is 2. The molecule has 2 heterocycles. The van der Waals surface area contributed by atoms with Gasteiger partial charge in [0.2, 0.25) is 5.95 Å². The first kappa shape index (κ1) is 22.4. The molecular formula is C19H27N5O5. The molecule has 0 saturated carbocycles. The monoisotopic (exact) mass is 405 g/mol. The predicted octanol–water partition coefficient (Wildman–Crippen LogP) is 2.86. The Bertz CT molecular complexity index is 773. The smallest absolute Gasteiger partial charge is 0.425 e. The molecule has 1 fully saturated rings. The average Bonchev–Trinajstić information content (AvgIpc) is 2.59. The van der Waals surface area contributed by atoms with Crippen LogP contribution in [-0.4, -0.2) is 59.7 Å². The van der Waals surface area contributed by atoms with Crippen molar-refractivity contribution >= 4 is 24.0 Å². The molecule has 0 N–H and O–H groups in total. The lowest BCUT2D eigenvalue weighted by atomic mass is 10.2. The fourth-order valence-corrected chi connectivity index (χ4v) is 2.38. The van der Waals surface area contributed by atoms with Crippen LogP contribution in [0.3, 0.4) is 0 Å². The molecule has 10 heteroatoms. The Morgan fingerprint density at radius 3 is 2.03 bits per heavy atom. The number of nitrogens with zero attached hydrogens (tertiary/aromatic N) is 5. The number of hydrogen-bond donors (Lipinski definition) is 0. The molecule has 158 valence electrons. The number of rotatable bonds is 2. The van der Waals surface area contributed by atoms with Gasteiger partial charge in [0.25, 0.3) is 0 Å². The number of hydrogen-bond acceptors (Lipinski definition) is 9. The van der Waals surface area contributed by atoms with Crippen LogP contribution in [0.4, 0.5) is 21.4 Å². The topological polar surface area (TPSA) is 118 Å². The van der Waals surface area contributed by atoms with Gasteiger partial charge >= 0.3 is 12.2 Å². The van der Waals surface area contributed by atoms with Crippen LogP contribution in [0.2, 0.25) is 0 Å². The van der Waals surface area contributed by atoms with Crippen molar-refractivity contribution in [3.8, 4) is 6.07 Å². The minimum Gasteiger partial charge on any atom is -0.443 e. The van der Waals surface area contributed by atoms with Gasteiger partial charge in [-0.2, -0.15) is 15.1 Å². The lowest BCUT2D eigenvalue weighted by Crippen LogP contribution is -2.44. The molecule has 2 rings (SSSR count). The molecular weight excluding hydrogens is 378 g/mol. The number of morpholine rings is 1. The van der Waals surface area contributed by atoms with Gasteiger partial charge in [-0.05, 0) is 41.5 Å². The van der Waals surface area contributed by atoms with Gasteiger partial charge in [0, 0.05) is 19.2 Å². The summed E-state index contributed by atoms with van der Waals surface area (Å²) >= 11 is 0. The maximum absolute atomic E-state index is 12.8. The van der Waals surface area contributed by atoms with Crippen LogP contribution in [0.25, 0.3) is 0 Å². The molecule has 0 spiro atoms.